The van der Waals surface area contributed by atoms with Gasteiger partial charge in [-0.3, -0.25) is 4.98 Å². The molecule has 16 heavy (non-hydrogen) atoms. The van der Waals surface area contributed by atoms with E-state index >= 15 is 0 Å². The second-order valence-corrected chi connectivity index (χ2v) is 5.45. The van der Waals surface area contributed by atoms with Crippen LogP contribution in [-0.4, -0.2) is 4.98 Å². The van der Waals surface area contributed by atoms with Crippen LogP contribution in [0.25, 0.3) is 11.3 Å². The molecule has 0 atom stereocenters. The number of pyridine rings is 1. The highest BCUT2D eigenvalue weighted by molar-refractivity contribution is 14.1. The summed E-state index contributed by atoms with van der Waals surface area (Å²) in [4.78, 5) is 4.36. The van der Waals surface area contributed by atoms with Gasteiger partial charge in [0, 0.05) is 20.4 Å². The van der Waals surface area contributed by atoms with Gasteiger partial charge in [-0.15, -0.1) is 0 Å². The maximum atomic E-state index is 6.12. The monoisotopic (exact) mass is 363 g/mol. The molecule has 0 aliphatic heterocycles. The largest absolute Gasteiger partial charge is 0.255 e. The van der Waals surface area contributed by atoms with Crippen LogP contribution < -0.4 is 0 Å². The molecule has 0 unspecified atom stereocenters. The van der Waals surface area contributed by atoms with Crippen LogP contribution >= 0.6 is 45.8 Å². The highest BCUT2D eigenvalue weighted by atomic mass is 127. The van der Waals surface area contributed by atoms with Crippen molar-refractivity contribution in [1.82, 2.24) is 4.98 Å². The first-order chi connectivity index (χ1) is 7.58. The molecule has 0 fully saturated rings. The van der Waals surface area contributed by atoms with Crippen LogP contribution in [0.1, 0.15) is 5.56 Å². The maximum Gasteiger partial charge on any atom is 0.0720 e. The number of benzene rings is 1. The van der Waals surface area contributed by atoms with Crippen LogP contribution in [0.15, 0.2) is 30.5 Å². The second kappa shape index (κ2) is 4.90. The molecule has 4 heteroatoms. The van der Waals surface area contributed by atoms with Crippen molar-refractivity contribution in [2.24, 2.45) is 0 Å². The van der Waals surface area contributed by atoms with Crippen LogP contribution in [0.5, 0.6) is 0 Å². The first-order valence-electron chi connectivity index (χ1n) is 4.65. The molecular weight excluding hydrogens is 356 g/mol. The lowest BCUT2D eigenvalue weighted by molar-refractivity contribution is 1.26. The lowest BCUT2D eigenvalue weighted by Gasteiger charge is -2.06. The zero-order valence-corrected chi connectivity index (χ0v) is 12.1. The van der Waals surface area contributed by atoms with E-state index in [-0.39, 0.29) is 0 Å². The summed E-state index contributed by atoms with van der Waals surface area (Å²) in [5.41, 5.74) is 2.90. The van der Waals surface area contributed by atoms with Gasteiger partial charge in [0.2, 0.25) is 0 Å². The van der Waals surface area contributed by atoms with Crippen molar-refractivity contribution < 1.29 is 0 Å². The lowest BCUT2D eigenvalue weighted by atomic mass is 10.1. The molecule has 1 aromatic carbocycles. The normalized spacial score (nSPS) is 10.5. The number of nitrogens with zero attached hydrogens (tertiary/aromatic N) is 1. The molecule has 0 radical (unpaired) electrons. The number of aromatic nitrogens is 1. The molecule has 0 spiro atoms. The van der Waals surface area contributed by atoms with Gasteiger partial charge in [0.25, 0.3) is 0 Å². The highest BCUT2D eigenvalue weighted by Gasteiger charge is 2.07. The van der Waals surface area contributed by atoms with Gasteiger partial charge in [0.05, 0.1) is 10.7 Å². The predicted octanol–water partition coefficient (Wildman–Crippen LogP) is 4.97. The molecule has 0 saturated heterocycles. The van der Waals surface area contributed by atoms with Crippen LogP contribution in [-0.2, 0) is 0 Å². The number of rotatable bonds is 1. The third-order valence-corrected chi connectivity index (χ3v) is 3.95. The fourth-order valence-corrected chi connectivity index (χ4v) is 2.06. The smallest absolute Gasteiger partial charge is 0.0720 e. The highest BCUT2D eigenvalue weighted by Crippen LogP contribution is 2.30. The van der Waals surface area contributed by atoms with Crippen molar-refractivity contribution in [3.63, 3.8) is 0 Å². The van der Waals surface area contributed by atoms with E-state index < -0.39 is 0 Å². The fourth-order valence-electron chi connectivity index (χ4n) is 1.38. The van der Waals surface area contributed by atoms with Crippen LogP contribution in [0, 0.1) is 10.5 Å². The zero-order valence-electron chi connectivity index (χ0n) is 8.47. The van der Waals surface area contributed by atoms with Crippen molar-refractivity contribution in [3.8, 4) is 11.3 Å². The van der Waals surface area contributed by atoms with Crippen molar-refractivity contribution in [3.05, 3.63) is 49.6 Å². The molecular formula is C12H8Cl2IN. The summed E-state index contributed by atoms with van der Waals surface area (Å²) in [5, 5.41) is 1.33. The SMILES string of the molecule is Cc1cc(-c2cc(Cl)ccc2Cl)ncc1I. The number of hydrogen-bond donors (Lipinski definition) is 0. The molecule has 0 aliphatic rings. The quantitative estimate of drug-likeness (QED) is 0.652. The Morgan fingerprint density at radius 1 is 1.19 bits per heavy atom. The minimum atomic E-state index is 0.664. The molecule has 2 rings (SSSR count). The minimum Gasteiger partial charge on any atom is -0.255 e. The number of halogens is 3. The summed E-state index contributed by atoms with van der Waals surface area (Å²) in [7, 11) is 0. The van der Waals surface area contributed by atoms with E-state index in [0.29, 0.717) is 10.0 Å². The Balaban J connectivity index is 2.58. The van der Waals surface area contributed by atoms with E-state index in [9.17, 15) is 0 Å². The number of hydrogen-bond acceptors (Lipinski definition) is 1. The van der Waals surface area contributed by atoms with Crippen molar-refractivity contribution in [1.29, 1.82) is 0 Å². The third-order valence-electron chi connectivity index (χ3n) is 2.25. The molecule has 82 valence electrons. The first-order valence-corrected chi connectivity index (χ1v) is 6.49. The fraction of sp³-hybridized carbons (Fsp3) is 0.0833. The zero-order chi connectivity index (χ0) is 11.7. The Morgan fingerprint density at radius 3 is 2.62 bits per heavy atom. The van der Waals surface area contributed by atoms with E-state index in [0.717, 1.165) is 14.8 Å². The maximum absolute atomic E-state index is 6.12. The van der Waals surface area contributed by atoms with Gasteiger partial charge < -0.3 is 0 Å². The molecule has 1 aromatic heterocycles. The van der Waals surface area contributed by atoms with Crippen molar-refractivity contribution >= 4 is 45.8 Å². The van der Waals surface area contributed by atoms with Crippen LogP contribution in [0.2, 0.25) is 10.0 Å². The minimum absolute atomic E-state index is 0.664. The number of aryl methyl sites for hydroxylation is 1. The van der Waals surface area contributed by atoms with Crippen LogP contribution in [0.3, 0.4) is 0 Å². The second-order valence-electron chi connectivity index (χ2n) is 3.44. The Labute approximate surface area is 118 Å². The van der Waals surface area contributed by atoms with E-state index in [1.807, 2.05) is 25.3 Å². The van der Waals surface area contributed by atoms with Crippen molar-refractivity contribution in [2.45, 2.75) is 6.92 Å². The molecule has 1 heterocycles. The molecule has 0 N–H and O–H groups in total. The first kappa shape index (κ1) is 12.1. The molecule has 0 aliphatic carbocycles. The van der Waals surface area contributed by atoms with E-state index in [1.165, 1.54) is 5.56 Å². The van der Waals surface area contributed by atoms with Crippen molar-refractivity contribution in [2.75, 3.05) is 0 Å². The van der Waals surface area contributed by atoms with Gasteiger partial charge in [-0.1, -0.05) is 23.2 Å². The summed E-state index contributed by atoms with van der Waals surface area (Å²) < 4.78 is 1.14. The Hall–Kier alpha value is -0.320. The summed E-state index contributed by atoms with van der Waals surface area (Å²) in [6.45, 7) is 2.05. The summed E-state index contributed by atoms with van der Waals surface area (Å²) in [6, 6.07) is 7.40. The van der Waals surface area contributed by atoms with Gasteiger partial charge in [-0.05, 0) is 59.3 Å². The molecule has 1 nitrogen and oxygen atoms in total. The molecule has 0 saturated carbocycles. The lowest BCUT2D eigenvalue weighted by Crippen LogP contribution is -1.89. The standard InChI is InChI=1S/C12H8Cl2IN/c1-7-4-12(16-6-11(7)15)9-5-8(13)2-3-10(9)14/h2-6H,1H3. The summed E-state index contributed by atoms with van der Waals surface area (Å²) in [5.74, 6) is 0. The van der Waals surface area contributed by atoms with E-state index in [1.54, 1.807) is 12.1 Å². The third kappa shape index (κ3) is 2.50. The molecule has 2 aromatic rings. The summed E-state index contributed by atoms with van der Waals surface area (Å²) in [6.07, 6.45) is 1.84. The summed E-state index contributed by atoms with van der Waals surface area (Å²) >= 11 is 14.3. The molecule has 0 bridgehead atoms. The van der Waals surface area contributed by atoms with Gasteiger partial charge in [0.15, 0.2) is 0 Å². The van der Waals surface area contributed by atoms with Gasteiger partial charge >= 0.3 is 0 Å². The molecule has 0 amide bonds. The Kier molecular flexibility index (Phi) is 3.72. The van der Waals surface area contributed by atoms with Gasteiger partial charge in [0.1, 0.15) is 0 Å². The average molecular weight is 364 g/mol. The van der Waals surface area contributed by atoms with Gasteiger partial charge in [-0.2, -0.15) is 0 Å². The Bertz CT molecular complexity index is 541. The topological polar surface area (TPSA) is 12.9 Å². The average Bonchev–Trinajstić information content (AvgIpc) is 2.26. The Morgan fingerprint density at radius 2 is 1.94 bits per heavy atom. The predicted molar refractivity (Wildman–Crippen MR) is 77.1 cm³/mol. The van der Waals surface area contributed by atoms with Crippen LogP contribution in [0.4, 0.5) is 0 Å². The van der Waals surface area contributed by atoms with E-state index in [2.05, 4.69) is 27.6 Å². The van der Waals surface area contributed by atoms with E-state index in [4.69, 9.17) is 23.2 Å². The van der Waals surface area contributed by atoms with Gasteiger partial charge in [-0.25, -0.2) is 0 Å².